The Morgan fingerprint density at radius 1 is 1.18 bits per heavy atom. The average molecular weight is 378 g/mol. The first-order valence-electron chi connectivity index (χ1n) is 9.62. The molecule has 6 heteroatoms. The van der Waals surface area contributed by atoms with E-state index in [4.69, 9.17) is 0 Å². The first-order valence-corrected chi connectivity index (χ1v) is 9.62. The number of hydrogen-bond acceptors (Lipinski definition) is 3. The Balaban J connectivity index is 1.63. The van der Waals surface area contributed by atoms with Gasteiger partial charge < -0.3 is 4.90 Å². The van der Waals surface area contributed by atoms with Gasteiger partial charge in [-0.25, -0.2) is 4.39 Å². The molecule has 1 aliphatic carbocycles. The summed E-state index contributed by atoms with van der Waals surface area (Å²) in [7, 11) is 1.80. The molecular formula is C22H23FN4O. The number of rotatable bonds is 5. The largest absolute Gasteiger partial charge is 0.328 e. The third kappa shape index (κ3) is 3.81. The van der Waals surface area contributed by atoms with Gasteiger partial charge in [0.25, 0.3) is 5.91 Å². The molecule has 0 aliphatic heterocycles. The molecule has 0 atom stereocenters. The molecule has 5 nitrogen and oxygen atoms in total. The molecule has 1 aromatic carbocycles. The SMILES string of the molecule is Cn1nc(C(=O)N(Cc2ccccn2)C2CCCC2)cc1-c1ccc(F)cc1. The topological polar surface area (TPSA) is 51.0 Å². The number of carbonyl (C=O) groups is 1. The maximum atomic E-state index is 13.3. The van der Waals surface area contributed by atoms with E-state index in [1.165, 1.54) is 12.1 Å². The minimum Gasteiger partial charge on any atom is -0.328 e. The van der Waals surface area contributed by atoms with Crippen molar-refractivity contribution < 1.29 is 9.18 Å². The molecule has 144 valence electrons. The van der Waals surface area contributed by atoms with Crippen LogP contribution < -0.4 is 0 Å². The Hall–Kier alpha value is -3.02. The van der Waals surface area contributed by atoms with Crippen molar-refractivity contribution in [2.24, 2.45) is 7.05 Å². The first-order chi connectivity index (χ1) is 13.6. The molecule has 0 saturated heterocycles. The van der Waals surface area contributed by atoms with E-state index in [0.717, 1.165) is 42.6 Å². The summed E-state index contributed by atoms with van der Waals surface area (Å²) in [5.74, 6) is -0.369. The summed E-state index contributed by atoms with van der Waals surface area (Å²) in [5, 5.41) is 4.45. The van der Waals surface area contributed by atoms with Gasteiger partial charge in [0.1, 0.15) is 5.82 Å². The molecule has 0 unspecified atom stereocenters. The molecule has 28 heavy (non-hydrogen) atoms. The van der Waals surface area contributed by atoms with Crippen LogP contribution in [0.1, 0.15) is 41.9 Å². The molecule has 0 radical (unpaired) electrons. The number of benzene rings is 1. The lowest BCUT2D eigenvalue weighted by Crippen LogP contribution is -2.38. The number of nitrogens with zero attached hydrogens (tertiary/aromatic N) is 4. The molecule has 1 fully saturated rings. The van der Waals surface area contributed by atoms with Crippen LogP contribution in [0.4, 0.5) is 4.39 Å². The molecule has 0 spiro atoms. The minimum absolute atomic E-state index is 0.0819. The van der Waals surface area contributed by atoms with Crippen molar-refractivity contribution in [3.63, 3.8) is 0 Å². The average Bonchev–Trinajstić information content (AvgIpc) is 3.37. The second-order valence-corrected chi connectivity index (χ2v) is 7.24. The van der Waals surface area contributed by atoms with E-state index >= 15 is 0 Å². The van der Waals surface area contributed by atoms with E-state index in [1.807, 2.05) is 23.1 Å². The molecule has 1 saturated carbocycles. The Morgan fingerprint density at radius 2 is 1.93 bits per heavy atom. The molecule has 2 aromatic heterocycles. The standard InChI is InChI=1S/C22H23FN4O/c1-26-21(16-9-11-17(23)12-10-16)14-20(25-26)22(28)27(19-7-2-3-8-19)15-18-6-4-5-13-24-18/h4-6,9-14,19H,2-3,7-8,15H2,1H3. The zero-order chi connectivity index (χ0) is 19.5. The van der Waals surface area contributed by atoms with E-state index in [-0.39, 0.29) is 17.8 Å². The minimum atomic E-state index is -0.287. The molecule has 3 aromatic rings. The number of aryl methyl sites for hydroxylation is 1. The van der Waals surface area contributed by atoms with Gasteiger partial charge in [-0.05, 0) is 60.9 Å². The predicted octanol–water partition coefficient (Wildman–Crippen LogP) is 4.21. The van der Waals surface area contributed by atoms with Crippen molar-refractivity contribution in [1.29, 1.82) is 0 Å². The van der Waals surface area contributed by atoms with E-state index in [9.17, 15) is 9.18 Å². The second-order valence-electron chi connectivity index (χ2n) is 7.24. The highest BCUT2D eigenvalue weighted by molar-refractivity contribution is 5.93. The van der Waals surface area contributed by atoms with Crippen molar-refractivity contribution in [1.82, 2.24) is 19.7 Å². The molecule has 0 N–H and O–H groups in total. The van der Waals surface area contributed by atoms with E-state index in [0.29, 0.717) is 12.2 Å². The summed E-state index contributed by atoms with van der Waals surface area (Å²) in [6.07, 6.45) is 6.05. The number of aromatic nitrogens is 3. The van der Waals surface area contributed by atoms with Crippen LogP contribution in [0.25, 0.3) is 11.3 Å². The van der Waals surface area contributed by atoms with E-state index < -0.39 is 0 Å². The number of halogens is 1. The third-order valence-electron chi connectivity index (χ3n) is 5.32. The summed E-state index contributed by atoms with van der Waals surface area (Å²) in [6, 6.07) is 14.0. The fourth-order valence-electron chi connectivity index (χ4n) is 3.86. The second kappa shape index (κ2) is 7.92. The number of amides is 1. The van der Waals surface area contributed by atoms with Crippen LogP contribution in [0.15, 0.2) is 54.7 Å². The fourth-order valence-corrected chi connectivity index (χ4v) is 3.86. The van der Waals surface area contributed by atoms with Crippen molar-refractivity contribution in [3.05, 3.63) is 71.9 Å². The summed E-state index contributed by atoms with van der Waals surface area (Å²) in [4.78, 5) is 19.6. The highest BCUT2D eigenvalue weighted by atomic mass is 19.1. The maximum absolute atomic E-state index is 13.3. The smallest absolute Gasteiger partial charge is 0.274 e. The molecule has 0 bridgehead atoms. The van der Waals surface area contributed by atoms with Crippen molar-refractivity contribution in [2.45, 2.75) is 38.3 Å². The summed E-state index contributed by atoms with van der Waals surface area (Å²) < 4.78 is 14.9. The van der Waals surface area contributed by atoms with Gasteiger partial charge in [-0.2, -0.15) is 5.10 Å². The summed E-state index contributed by atoms with van der Waals surface area (Å²) in [5.41, 5.74) is 2.89. The highest BCUT2D eigenvalue weighted by Gasteiger charge is 2.29. The zero-order valence-electron chi connectivity index (χ0n) is 15.9. The third-order valence-corrected chi connectivity index (χ3v) is 5.32. The van der Waals surface area contributed by atoms with Gasteiger partial charge >= 0.3 is 0 Å². The van der Waals surface area contributed by atoms with Crippen LogP contribution in [0, 0.1) is 5.82 Å². The van der Waals surface area contributed by atoms with Crippen LogP contribution in [-0.4, -0.2) is 31.6 Å². The van der Waals surface area contributed by atoms with E-state index in [1.54, 1.807) is 36.1 Å². The molecule has 1 amide bonds. The molecule has 1 aliphatic rings. The summed E-state index contributed by atoms with van der Waals surface area (Å²) >= 11 is 0. The Morgan fingerprint density at radius 3 is 2.61 bits per heavy atom. The van der Waals surface area contributed by atoms with Gasteiger partial charge in [0.15, 0.2) is 5.69 Å². The number of hydrogen-bond donors (Lipinski definition) is 0. The fraction of sp³-hybridized carbons (Fsp3) is 0.318. The highest BCUT2D eigenvalue weighted by Crippen LogP contribution is 2.27. The summed E-state index contributed by atoms with van der Waals surface area (Å²) in [6.45, 7) is 0.479. The van der Waals surface area contributed by atoms with Crippen LogP contribution in [-0.2, 0) is 13.6 Å². The Kier molecular flexibility index (Phi) is 5.19. The lowest BCUT2D eigenvalue weighted by Gasteiger charge is -2.28. The first kappa shape index (κ1) is 18.3. The number of pyridine rings is 1. The van der Waals surface area contributed by atoms with Crippen LogP contribution in [0.5, 0.6) is 0 Å². The Labute approximate surface area is 163 Å². The molecule has 4 rings (SSSR count). The number of carbonyl (C=O) groups excluding carboxylic acids is 1. The predicted molar refractivity (Wildman–Crippen MR) is 105 cm³/mol. The quantitative estimate of drug-likeness (QED) is 0.668. The van der Waals surface area contributed by atoms with Crippen molar-refractivity contribution >= 4 is 5.91 Å². The van der Waals surface area contributed by atoms with Gasteiger partial charge in [0.2, 0.25) is 0 Å². The van der Waals surface area contributed by atoms with Gasteiger partial charge in [-0.1, -0.05) is 18.9 Å². The molecule has 2 heterocycles. The monoisotopic (exact) mass is 378 g/mol. The van der Waals surface area contributed by atoms with Crippen molar-refractivity contribution in [3.8, 4) is 11.3 Å². The van der Waals surface area contributed by atoms with Gasteiger partial charge in [-0.3, -0.25) is 14.5 Å². The maximum Gasteiger partial charge on any atom is 0.274 e. The normalized spacial score (nSPS) is 14.4. The molecular weight excluding hydrogens is 355 g/mol. The van der Waals surface area contributed by atoms with Crippen molar-refractivity contribution in [2.75, 3.05) is 0 Å². The van der Waals surface area contributed by atoms with Gasteiger partial charge in [-0.15, -0.1) is 0 Å². The van der Waals surface area contributed by atoms with E-state index in [2.05, 4.69) is 10.1 Å². The lowest BCUT2D eigenvalue weighted by molar-refractivity contribution is 0.0655. The van der Waals surface area contributed by atoms with Crippen LogP contribution >= 0.6 is 0 Å². The van der Waals surface area contributed by atoms with Crippen LogP contribution in [0.3, 0.4) is 0 Å². The zero-order valence-corrected chi connectivity index (χ0v) is 15.9. The van der Waals surface area contributed by atoms with Crippen LogP contribution in [0.2, 0.25) is 0 Å². The Bertz CT molecular complexity index is 946. The lowest BCUT2D eigenvalue weighted by atomic mass is 10.1. The van der Waals surface area contributed by atoms with Gasteiger partial charge in [0.05, 0.1) is 17.9 Å². The van der Waals surface area contributed by atoms with Gasteiger partial charge in [0, 0.05) is 19.3 Å².